The molecule has 1 N–H and O–H groups in total. The summed E-state index contributed by atoms with van der Waals surface area (Å²) in [7, 11) is 0. The quantitative estimate of drug-likeness (QED) is 0.689. The maximum absolute atomic E-state index is 5.47. The molecule has 0 aromatic carbocycles. The van der Waals surface area contributed by atoms with Gasteiger partial charge in [0.2, 0.25) is 0 Å². The summed E-state index contributed by atoms with van der Waals surface area (Å²) >= 11 is 0. The van der Waals surface area contributed by atoms with Crippen molar-refractivity contribution in [1.29, 1.82) is 0 Å². The second kappa shape index (κ2) is 3.05. The highest BCUT2D eigenvalue weighted by atomic mass is 16.5. The van der Waals surface area contributed by atoms with Crippen molar-refractivity contribution in [2.24, 2.45) is 0 Å². The van der Waals surface area contributed by atoms with Crippen LogP contribution in [0, 0.1) is 0 Å². The minimum absolute atomic E-state index is 0.404. The van der Waals surface area contributed by atoms with Gasteiger partial charge in [0.05, 0.1) is 6.10 Å². The summed E-state index contributed by atoms with van der Waals surface area (Å²) in [6.07, 6.45) is 7.36. The number of imidazole rings is 1. The van der Waals surface area contributed by atoms with Crippen LogP contribution in [0.15, 0.2) is 12.4 Å². The zero-order valence-corrected chi connectivity index (χ0v) is 6.42. The molecule has 1 aromatic heterocycles. The summed E-state index contributed by atoms with van der Waals surface area (Å²) in [6, 6.07) is 0. The number of aromatic nitrogens is 2. The first-order chi connectivity index (χ1) is 5.45. The average Bonchev–Trinajstić information content (AvgIpc) is 2.60. The van der Waals surface area contributed by atoms with E-state index in [4.69, 9.17) is 4.74 Å². The minimum atomic E-state index is 0.404. The van der Waals surface area contributed by atoms with E-state index in [1.54, 1.807) is 6.20 Å². The molecule has 11 heavy (non-hydrogen) atoms. The highest BCUT2D eigenvalue weighted by molar-refractivity contribution is 4.90. The van der Waals surface area contributed by atoms with Gasteiger partial charge in [0, 0.05) is 25.4 Å². The monoisotopic (exact) mass is 152 g/mol. The Balaban J connectivity index is 1.90. The predicted molar refractivity (Wildman–Crippen MR) is 41.3 cm³/mol. The topological polar surface area (TPSA) is 37.9 Å². The van der Waals surface area contributed by atoms with Gasteiger partial charge in [0.1, 0.15) is 5.82 Å². The first kappa shape index (κ1) is 6.85. The molecule has 1 aliphatic rings. The predicted octanol–water partition coefficient (Wildman–Crippen LogP) is 1.13. The molecule has 2 rings (SSSR count). The van der Waals surface area contributed by atoms with E-state index < -0.39 is 0 Å². The average molecular weight is 152 g/mol. The zero-order valence-electron chi connectivity index (χ0n) is 6.42. The first-order valence-electron chi connectivity index (χ1n) is 4.05. The van der Waals surface area contributed by atoms with E-state index in [0.717, 1.165) is 18.9 Å². The van der Waals surface area contributed by atoms with E-state index in [0.29, 0.717) is 6.10 Å². The zero-order chi connectivity index (χ0) is 7.52. The lowest BCUT2D eigenvalue weighted by atomic mass is 10.2. The Bertz CT molecular complexity index is 202. The maximum atomic E-state index is 5.47. The van der Waals surface area contributed by atoms with Crippen LogP contribution < -0.4 is 0 Å². The summed E-state index contributed by atoms with van der Waals surface area (Å²) in [5, 5.41) is 0. The van der Waals surface area contributed by atoms with Crippen molar-refractivity contribution in [1.82, 2.24) is 9.97 Å². The number of nitrogens with one attached hydrogen (secondary N) is 1. The lowest BCUT2D eigenvalue weighted by Crippen LogP contribution is -2.09. The molecule has 1 atom stereocenters. The lowest BCUT2D eigenvalue weighted by Gasteiger charge is -2.05. The van der Waals surface area contributed by atoms with Gasteiger partial charge < -0.3 is 9.72 Å². The maximum Gasteiger partial charge on any atom is 0.108 e. The first-order valence-corrected chi connectivity index (χ1v) is 4.05. The molecule has 3 heteroatoms. The van der Waals surface area contributed by atoms with Gasteiger partial charge in [-0.3, -0.25) is 0 Å². The van der Waals surface area contributed by atoms with Gasteiger partial charge in [-0.25, -0.2) is 4.98 Å². The van der Waals surface area contributed by atoms with E-state index in [9.17, 15) is 0 Å². The Morgan fingerprint density at radius 2 is 2.73 bits per heavy atom. The molecule has 1 fully saturated rings. The molecule has 0 bridgehead atoms. The summed E-state index contributed by atoms with van der Waals surface area (Å²) in [4.78, 5) is 7.22. The number of aromatic amines is 1. The molecule has 0 spiro atoms. The highest BCUT2D eigenvalue weighted by Crippen LogP contribution is 2.14. The highest BCUT2D eigenvalue weighted by Gasteiger charge is 2.16. The second-order valence-corrected chi connectivity index (χ2v) is 2.88. The molecule has 0 saturated carbocycles. The van der Waals surface area contributed by atoms with Crippen molar-refractivity contribution >= 4 is 0 Å². The molecule has 2 heterocycles. The number of nitrogens with zero attached hydrogens (tertiary/aromatic N) is 1. The van der Waals surface area contributed by atoms with Crippen LogP contribution in [-0.2, 0) is 11.2 Å². The van der Waals surface area contributed by atoms with E-state index >= 15 is 0 Å². The third-order valence-electron chi connectivity index (χ3n) is 2.00. The Morgan fingerprint density at radius 3 is 3.36 bits per heavy atom. The van der Waals surface area contributed by atoms with Crippen molar-refractivity contribution in [2.75, 3.05) is 6.61 Å². The number of H-pyrrole nitrogens is 1. The lowest BCUT2D eigenvalue weighted by molar-refractivity contribution is 0.110. The van der Waals surface area contributed by atoms with Crippen molar-refractivity contribution in [2.45, 2.75) is 25.4 Å². The molecular weight excluding hydrogens is 140 g/mol. The summed E-state index contributed by atoms with van der Waals surface area (Å²) in [6.45, 7) is 0.922. The Hall–Kier alpha value is -0.830. The van der Waals surface area contributed by atoms with Crippen LogP contribution in [0.4, 0.5) is 0 Å². The standard InChI is InChI=1S/C8H12N2O/c1-2-7(11-5-1)6-8-9-3-4-10-8/h3-4,7H,1-2,5-6H2,(H,9,10)/t7-/m0/s1. The number of ether oxygens (including phenoxy) is 1. The Kier molecular flexibility index (Phi) is 1.90. The number of rotatable bonds is 2. The summed E-state index contributed by atoms with van der Waals surface area (Å²) in [5.41, 5.74) is 0. The molecule has 0 unspecified atom stereocenters. The molecule has 1 saturated heterocycles. The SMILES string of the molecule is c1c[nH]c(C[C@@H]2CCCO2)n1. The third-order valence-corrected chi connectivity index (χ3v) is 2.00. The molecule has 1 aromatic rings. The minimum Gasteiger partial charge on any atom is -0.378 e. The van der Waals surface area contributed by atoms with Gasteiger partial charge in [0.25, 0.3) is 0 Å². The van der Waals surface area contributed by atoms with Crippen molar-refractivity contribution < 1.29 is 4.74 Å². The van der Waals surface area contributed by atoms with Gasteiger partial charge in [0.15, 0.2) is 0 Å². The molecule has 0 aliphatic carbocycles. The van der Waals surface area contributed by atoms with Crippen molar-refractivity contribution in [3.8, 4) is 0 Å². The second-order valence-electron chi connectivity index (χ2n) is 2.88. The Morgan fingerprint density at radius 1 is 1.73 bits per heavy atom. The Labute approximate surface area is 65.8 Å². The fourth-order valence-electron chi connectivity index (χ4n) is 1.43. The van der Waals surface area contributed by atoms with Crippen LogP contribution in [0.2, 0.25) is 0 Å². The van der Waals surface area contributed by atoms with Gasteiger partial charge in [-0.2, -0.15) is 0 Å². The van der Waals surface area contributed by atoms with Gasteiger partial charge in [-0.1, -0.05) is 0 Å². The summed E-state index contributed by atoms with van der Waals surface area (Å²) < 4.78 is 5.47. The third kappa shape index (κ3) is 1.60. The van der Waals surface area contributed by atoms with Crippen molar-refractivity contribution in [3.63, 3.8) is 0 Å². The van der Waals surface area contributed by atoms with Crippen LogP contribution in [0.1, 0.15) is 18.7 Å². The largest absolute Gasteiger partial charge is 0.378 e. The molecule has 0 amide bonds. The molecular formula is C8H12N2O. The van der Waals surface area contributed by atoms with E-state index in [2.05, 4.69) is 9.97 Å². The summed E-state index contributed by atoms with van der Waals surface area (Å²) in [5.74, 6) is 1.04. The normalized spacial score (nSPS) is 24.2. The van der Waals surface area contributed by atoms with E-state index in [1.165, 1.54) is 12.8 Å². The number of hydrogen-bond acceptors (Lipinski definition) is 2. The molecule has 0 radical (unpaired) electrons. The molecule has 3 nitrogen and oxygen atoms in total. The van der Waals surface area contributed by atoms with Crippen LogP contribution in [0.5, 0.6) is 0 Å². The van der Waals surface area contributed by atoms with Crippen molar-refractivity contribution in [3.05, 3.63) is 18.2 Å². The van der Waals surface area contributed by atoms with Crippen LogP contribution in [0.3, 0.4) is 0 Å². The van der Waals surface area contributed by atoms with Crippen LogP contribution >= 0.6 is 0 Å². The van der Waals surface area contributed by atoms with Crippen LogP contribution in [0.25, 0.3) is 0 Å². The van der Waals surface area contributed by atoms with Crippen LogP contribution in [-0.4, -0.2) is 22.7 Å². The van der Waals surface area contributed by atoms with E-state index in [-0.39, 0.29) is 0 Å². The van der Waals surface area contributed by atoms with Gasteiger partial charge in [-0.05, 0) is 12.8 Å². The fraction of sp³-hybridized carbons (Fsp3) is 0.625. The van der Waals surface area contributed by atoms with E-state index in [1.807, 2.05) is 6.20 Å². The fourth-order valence-corrected chi connectivity index (χ4v) is 1.43. The molecule has 60 valence electrons. The number of hydrogen-bond donors (Lipinski definition) is 1. The van der Waals surface area contributed by atoms with Gasteiger partial charge >= 0.3 is 0 Å². The smallest absolute Gasteiger partial charge is 0.108 e. The van der Waals surface area contributed by atoms with Gasteiger partial charge in [-0.15, -0.1) is 0 Å². The molecule has 1 aliphatic heterocycles.